The van der Waals surface area contributed by atoms with E-state index in [2.05, 4.69) is 31.9 Å². The summed E-state index contributed by atoms with van der Waals surface area (Å²) in [6.07, 6.45) is 0. The molecule has 0 spiro atoms. The molecule has 0 aliphatic carbocycles. The number of halogens is 2. The van der Waals surface area contributed by atoms with Crippen LogP contribution in [0.3, 0.4) is 0 Å². The van der Waals surface area contributed by atoms with Crippen molar-refractivity contribution < 1.29 is 19.8 Å². The smallest absolute Gasteiger partial charge is 0.333 e. The number of alkyl halides is 2. The van der Waals surface area contributed by atoms with Crippen LogP contribution in [0.4, 0.5) is 0 Å². The molecule has 0 heterocycles. The molecule has 0 atom stereocenters. The lowest BCUT2D eigenvalue weighted by Crippen LogP contribution is -2.13. The number of carboxylic acid groups (broad SMARTS) is 2. The van der Waals surface area contributed by atoms with E-state index in [-0.39, 0.29) is 21.8 Å². The van der Waals surface area contributed by atoms with E-state index in [9.17, 15) is 9.59 Å². The van der Waals surface area contributed by atoms with Gasteiger partial charge in [-0.25, -0.2) is 9.59 Å². The van der Waals surface area contributed by atoms with E-state index in [1.807, 2.05) is 0 Å². The summed E-state index contributed by atoms with van der Waals surface area (Å²) in [5.41, 5.74) is -0.279. The highest BCUT2D eigenvalue weighted by Gasteiger charge is 2.17. The van der Waals surface area contributed by atoms with E-state index < -0.39 is 11.9 Å². The molecule has 2 N–H and O–H groups in total. The Bertz CT molecular complexity index is 210. The third kappa shape index (κ3) is 2.94. The number of aliphatic carboxylic acids is 2. The third-order valence-corrected chi connectivity index (χ3v) is 2.27. The van der Waals surface area contributed by atoms with Gasteiger partial charge in [0.25, 0.3) is 0 Å². The van der Waals surface area contributed by atoms with Crippen molar-refractivity contribution in [3.05, 3.63) is 11.1 Å². The average molecular weight is 302 g/mol. The molecule has 0 aliphatic rings. The molecule has 12 heavy (non-hydrogen) atoms. The summed E-state index contributed by atoms with van der Waals surface area (Å²) in [4.78, 5) is 20.9. The highest BCUT2D eigenvalue weighted by molar-refractivity contribution is 9.09. The van der Waals surface area contributed by atoms with Gasteiger partial charge in [0.05, 0.1) is 11.1 Å². The van der Waals surface area contributed by atoms with Crippen LogP contribution in [-0.4, -0.2) is 32.8 Å². The van der Waals surface area contributed by atoms with Crippen molar-refractivity contribution in [1.82, 2.24) is 0 Å². The lowest BCUT2D eigenvalue weighted by Gasteiger charge is -2.01. The second-order valence-corrected chi connectivity index (χ2v) is 2.96. The van der Waals surface area contributed by atoms with Crippen molar-refractivity contribution in [1.29, 1.82) is 0 Å². The Kier molecular flexibility index (Phi) is 5.16. The second-order valence-electron chi connectivity index (χ2n) is 1.83. The van der Waals surface area contributed by atoms with E-state index >= 15 is 0 Å². The normalized spacial score (nSPS) is 12.2. The van der Waals surface area contributed by atoms with Crippen LogP contribution in [-0.2, 0) is 9.59 Å². The Labute approximate surface area is 85.5 Å². The fourth-order valence-electron chi connectivity index (χ4n) is 0.534. The predicted molar refractivity (Wildman–Crippen MR) is 49.9 cm³/mol. The second kappa shape index (κ2) is 5.31. The Morgan fingerprint density at radius 2 is 1.17 bits per heavy atom. The van der Waals surface area contributed by atoms with Gasteiger partial charge in [0.1, 0.15) is 0 Å². The van der Waals surface area contributed by atoms with Crippen LogP contribution in [0.1, 0.15) is 0 Å². The van der Waals surface area contributed by atoms with Gasteiger partial charge in [-0.15, -0.1) is 0 Å². The molecule has 0 radical (unpaired) electrons. The molecular weight excluding hydrogens is 296 g/mol. The highest BCUT2D eigenvalue weighted by Crippen LogP contribution is 2.11. The van der Waals surface area contributed by atoms with E-state index in [0.717, 1.165) is 0 Å². The zero-order valence-corrected chi connectivity index (χ0v) is 9.05. The maximum atomic E-state index is 10.5. The molecule has 0 aliphatic heterocycles. The average Bonchev–Trinajstić information content (AvgIpc) is 1.98. The minimum absolute atomic E-state index is 0.0234. The van der Waals surface area contributed by atoms with Crippen molar-refractivity contribution in [2.75, 3.05) is 10.7 Å². The number of hydrogen-bond acceptors (Lipinski definition) is 2. The first-order valence-corrected chi connectivity index (χ1v) is 5.09. The van der Waals surface area contributed by atoms with Crippen molar-refractivity contribution in [2.45, 2.75) is 0 Å². The van der Waals surface area contributed by atoms with Gasteiger partial charge in [-0.2, -0.15) is 0 Å². The van der Waals surface area contributed by atoms with Crippen LogP contribution in [0.5, 0.6) is 0 Å². The first-order chi connectivity index (χ1) is 5.54. The molecule has 6 heteroatoms. The Hall–Kier alpha value is -0.360. The number of carbonyl (C=O) groups is 2. The lowest BCUT2D eigenvalue weighted by molar-refractivity contribution is -0.135. The van der Waals surface area contributed by atoms with Gasteiger partial charge in [-0.05, 0) is 0 Å². The summed E-state index contributed by atoms with van der Waals surface area (Å²) in [6, 6.07) is 0. The van der Waals surface area contributed by atoms with E-state index in [1.54, 1.807) is 0 Å². The Morgan fingerprint density at radius 3 is 1.25 bits per heavy atom. The van der Waals surface area contributed by atoms with E-state index in [4.69, 9.17) is 10.2 Å². The monoisotopic (exact) mass is 300 g/mol. The van der Waals surface area contributed by atoms with Crippen molar-refractivity contribution in [2.24, 2.45) is 0 Å². The summed E-state index contributed by atoms with van der Waals surface area (Å²) in [5, 5.41) is 17.2. The standard InChI is InChI=1S/C6H6Br2O4/c7-1-3(5(9)10)4(2-8)6(11)12/h1-2H2,(H,9,10)(H,11,12)/b4-3+. The summed E-state index contributed by atoms with van der Waals surface area (Å²) >= 11 is 5.81. The molecule has 4 nitrogen and oxygen atoms in total. The SMILES string of the molecule is O=C(O)/C(CBr)=C(\CBr)C(=O)O. The molecule has 0 unspecified atom stereocenters. The third-order valence-electron chi connectivity index (χ3n) is 1.15. The van der Waals surface area contributed by atoms with Crippen LogP contribution >= 0.6 is 31.9 Å². The van der Waals surface area contributed by atoms with Gasteiger partial charge in [0.15, 0.2) is 0 Å². The number of carboxylic acids is 2. The molecule has 0 fully saturated rings. The fraction of sp³-hybridized carbons (Fsp3) is 0.333. The number of hydrogen-bond donors (Lipinski definition) is 2. The minimum Gasteiger partial charge on any atom is -0.478 e. The first-order valence-electron chi connectivity index (χ1n) is 2.85. The minimum atomic E-state index is -1.22. The van der Waals surface area contributed by atoms with Crippen LogP contribution in [0.2, 0.25) is 0 Å². The van der Waals surface area contributed by atoms with Gasteiger partial charge in [0.2, 0.25) is 0 Å². The molecule has 0 saturated heterocycles. The molecule has 0 aromatic rings. The Balaban J connectivity index is 5.01. The molecule has 0 saturated carbocycles. The van der Waals surface area contributed by atoms with Gasteiger partial charge in [0, 0.05) is 10.7 Å². The predicted octanol–water partition coefficient (Wildman–Crippen LogP) is 1.24. The molecule has 0 bridgehead atoms. The summed E-state index contributed by atoms with van der Waals surface area (Å²) in [6.45, 7) is 0. The van der Waals surface area contributed by atoms with Crippen molar-refractivity contribution in [3.8, 4) is 0 Å². The highest BCUT2D eigenvalue weighted by atomic mass is 79.9. The molecule has 68 valence electrons. The molecule has 0 aromatic carbocycles. The molecular formula is C6H6Br2O4. The largest absolute Gasteiger partial charge is 0.478 e. The molecule has 0 amide bonds. The molecule has 0 aromatic heterocycles. The van der Waals surface area contributed by atoms with Gasteiger partial charge < -0.3 is 10.2 Å². The Morgan fingerprint density at radius 1 is 0.917 bits per heavy atom. The maximum Gasteiger partial charge on any atom is 0.333 e. The zero-order valence-electron chi connectivity index (χ0n) is 5.88. The fourth-order valence-corrected chi connectivity index (χ4v) is 1.69. The van der Waals surface area contributed by atoms with Crippen molar-refractivity contribution >= 4 is 43.8 Å². The van der Waals surface area contributed by atoms with Crippen LogP contribution in [0, 0.1) is 0 Å². The summed E-state index contributed by atoms with van der Waals surface area (Å²) in [7, 11) is 0. The first kappa shape index (κ1) is 11.6. The topological polar surface area (TPSA) is 74.6 Å². The molecule has 0 rings (SSSR count). The van der Waals surface area contributed by atoms with Gasteiger partial charge in [-0.1, -0.05) is 31.9 Å². The van der Waals surface area contributed by atoms with Crippen molar-refractivity contribution in [3.63, 3.8) is 0 Å². The number of rotatable bonds is 4. The maximum absolute atomic E-state index is 10.5. The zero-order chi connectivity index (χ0) is 9.72. The van der Waals surface area contributed by atoms with Gasteiger partial charge >= 0.3 is 11.9 Å². The summed E-state index contributed by atoms with van der Waals surface area (Å²) < 4.78 is 0. The lowest BCUT2D eigenvalue weighted by atomic mass is 10.1. The van der Waals surface area contributed by atoms with Crippen LogP contribution in [0.25, 0.3) is 0 Å². The van der Waals surface area contributed by atoms with E-state index in [0.29, 0.717) is 0 Å². The summed E-state index contributed by atoms with van der Waals surface area (Å²) in [5.74, 6) is -2.44. The van der Waals surface area contributed by atoms with Gasteiger partial charge in [-0.3, -0.25) is 0 Å². The van der Waals surface area contributed by atoms with Crippen LogP contribution in [0.15, 0.2) is 11.1 Å². The van der Waals surface area contributed by atoms with E-state index in [1.165, 1.54) is 0 Å². The van der Waals surface area contributed by atoms with Crippen LogP contribution < -0.4 is 0 Å². The quantitative estimate of drug-likeness (QED) is 0.605.